The van der Waals surface area contributed by atoms with Gasteiger partial charge in [-0.15, -0.1) is 0 Å². The van der Waals surface area contributed by atoms with E-state index < -0.39 is 0 Å². The number of rotatable bonds is 10. The summed E-state index contributed by atoms with van der Waals surface area (Å²) < 4.78 is 11.3. The van der Waals surface area contributed by atoms with Crippen LogP contribution in [0.4, 0.5) is 0 Å². The van der Waals surface area contributed by atoms with Gasteiger partial charge in [-0.1, -0.05) is 38.8 Å². The zero-order valence-electron chi connectivity index (χ0n) is 12.7. The zero-order valence-corrected chi connectivity index (χ0v) is 12.7. The molecule has 0 unspecified atom stereocenters. The Balaban J connectivity index is 1.60. The van der Waals surface area contributed by atoms with Crippen LogP contribution in [0.15, 0.2) is 24.3 Å². The van der Waals surface area contributed by atoms with Crippen molar-refractivity contribution in [1.29, 1.82) is 0 Å². The molecule has 0 spiro atoms. The molecule has 3 nitrogen and oxygen atoms in total. The molecule has 0 atom stereocenters. The van der Waals surface area contributed by atoms with E-state index in [0.29, 0.717) is 19.3 Å². The van der Waals surface area contributed by atoms with Crippen molar-refractivity contribution in [3.05, 3.63) is 29.8 Å². The molecule has 1 aromatic rings. The van der Waals surface area contributed by atoms with Crippen molar-refractivity contribution in [2.75, 3.05) is 19.8 Å². The van der Waals surface area contributed by atoms with Crippen LogP contribution in [0.25, 0.3) is 0 Å². The Hall–Kier alpha value is -1.06. The van der Waals surface area contributed by atoms with Gasteiger partial charge in [0.15, 0.2) is 0 Å². The van der Waals surface area contributed by atoms with E-state index >= 15 is 0 Å². The quantitative estimate of drug-likeness (QED) is 0.665. The van der Waals surface area contributed by atoms with Crippen LogP contribution in [-0.2, 0) is 11.3 Å². The predicted molar refractivity (Wildman–Crippen MR) is 82.1 cm³/mol. The molecule has 3 heteroatoms. The van der Waals surface area contributed by atoms with Crippen LogP contribution in [0, 0.1) is 5.92 Å². The fourth-order valence-corrected chi connectivity index (χ4v) is 2.04. The molecule has 1 aliphatic rings. The molecule has 0 saturated heterocycles. The Kier molecular flexibility index (Phi) is 6.34. The highest BCUT2D eigenvalue weighted by molar-refractivity contribution is 5.28. The van der Waals surface area contributed by atoms with Crippen LogP contribution >= 0.6 is 0 Å². The molecular weight excluding hydrogens is 250 g/mol. The normalized spacial score (nSPS) is 14.8. The molecular formula is C17H27NO2. The highest BCUT2D eigenvalue weighted by atomic mass is 16.5. The number of hydrogen-bond acceptors (Lipinski definition) is 3. The van der Waals surface area contributed by atoms with Gasteiger partial charge < -0.3 is 14.8 Å². The lowest BCUT2D eigenvalue weighted by Gasteiger charge is -2.10. The first-order valence-electron chi connectivity index (χ1n) is 7.77. The maximum absolute atomic E-state index is 5.72. The molecule has 112 valence electrons. The second-order valence-corrected chi connectivity index (χ2v) is 5.88. The van der Waals surface area contributed by atoms with E-state index in [9.17, 15) is 0 Å². The average molecular weight is 277 g/mol. The van der Waals surface area contributed by atoms with Gasteiger partial charge in [-0.3, -0.25) is 0 Å². The average Bonchev–Trinajstić information content (AvgIpc) is 3.25. The largest absolute Gasteiger partial charge is 0.491 e. The Bertz CT molecular complexity index is 388. The van der Waals surface area contributed by atoms with Crippen LogP contribution < -0.4 is 10.1 Å². The second kappa shape index (κ2) is 8.28. The fourth-order valence-electron chi connectivity index (χ4n) is 2.04. The lowest BCUT2D eigenvalue weighted by atomic mass is 10.2. The summed E-state index contributed by atoms with van der Waals surface area (Å²) in [6.45, 7) is 7.38. The summed E-state index contributed by atoms with van der Waals surface area (Å²) >= 11 is 0. The fraction of sp³-hybridized carbons (Fsp3) is 0.647. The first-order chi connectivity index (χ1) is 9.74. The highest BCUT2D eigenvalue weighted by Gasteiger charge is 2.20. The van der Waals surface area contributed by atoms with E-state index in [1.54, 1.807) is 0 Å². The van der Waals surface area contributed by atoms with Gasteiger partial charge in [0.25, 0.3) is 0 Å². The standard InChI is InChI=1S/C17H27NO2/c1-14(2)18-13-16-4-3-5-17(12-16)20-11-10-19-9-8-15-6-7-15/h3-5,12,14-15,18H,6-11,13H2,1-2H3. The molecule has 0 heterocycles. The number of hydrogen-bond donors (Lipinski definition) is 1. The number of nitrogens with one attached hydrogen (secondary N) is 1. The third-order valence-electron chi connectivity index (χ3n) is 3.48. The van der Waals surface area contributed by atoms with Crippen molar-refractivity contribution in [3.8, 4) is 5.75 Å². The van der Waals surface area contributed by atoms with E-state index in [2.05, 4.69) is 31.3 Å². The lowest BCUT2D eigenvalue weighted by Crippen LogP contribution is -2.21. The first-order valence-corrected chi connectivity index (χ1v) is 7.77. The molecule has 1 N–H and O–H groups in total. The van der Waals surface area contributed by atoms with Crippen LogP contribution in [-0.4, -0.2) is 25.9 Å². The van der Waals surface area contributed by atoms with Gasteiger partial charge >= 0.3 is 0 Å². The topological polar surface area (TPSA) is 30.5 Å². The van der Waals surface area contributed by atoms with Gasteiger partial charge in [-0.05, 0) is 30.0 Å². The Labute approximate surface area is 122 Å². The van der Waals surface area contributed by atoms with Crippen LogP contribution in [0.2, 0.25) is 0 Å². The molecule has 0 amide bonds. The summed E-state index contributed by atoms with van der Waals surface area (Å²) in [6, 6.07) is 8.76. The third-order valence-corrected chi connectivity index (χ3v) is 3.48. The Morgan fingerprint density at radius 1 is 1.20 bits per heavy atom. The molecule has 1 fully saturated rings. The van der Waals surface area contributed by atoms with Crippen LogP contribution in [0.5, 0.6) is 5.75 Å². The Morgan fingerprint density at radius 3 is 2.80 bits per heavy atom. The SMILES string of the molecule is CC(C)NCc1cccc(OCCOCCC2CC2)c1. The van der Waals surface area contributed by atoms with Crippen molar-refractivity contribution < 1.29 is 9.47 Å². The van der Waals surface area contributed by atoms with Gasteiger partial charge in [-0.2, -0.15) is 0 Å². The summed E-state index contributed by atoms with van der Waals surface area (Å²) in [4.78, 5) is 0. The highest BCUT2D eigenvalue weighted by Crippen LogP contribution is 2.32. The van der Waals surface area contributed by atoms with E-state index in [1.807, 2.05) is 12.1 Å². The summed E-state index contributed by atoms with van der Waals surface area (Å²) in [5, 5.41) is 3.41. The molecule has 0 radical (unpaired) electrons. The molecule has 0 aliphatic heterocycles. The summed E-state index contributed by atoms with van der Waals surface area (Å²) in [6.07, 6.45) is 4.02. The van der Waals surface area contributed by atoms with E-state index in [-0.39, 0.29) is 0 Å². The predicted octanol–water partition coefficient (Wildman–Crippen LogP) is 3.38. The molecule has 1 aliphatic carbocycles. The van der Waals surface area contributed by atoms with E-state index in [1.165, 1.54) is 24.8 Å². The minimum atomic E-state index is 0.499. The van der Waals surface area contributed by atoms with Crippen molar-refractivity contribution >= 4 is 0 Å². The van der Waals surface area contributed by atoms with Gasteiger partial charge in [-0.25, -0.2) is 0 Å². The van der Waals surface area contributed by atoms with E-state index in [0.717, 1.165) is 24.8 Å². The molecule has 0 aromatic heterocycles. The number of benzene rings is 1. The summed E-state index contributed by atoms with van der Waals surface area (Å²) in [5.74, 6) is 1.87. The van der Waals surface area contributed by atoms with E-state index in [4.69, 9.17) is 9.47 Å². The first kappa shape index (κ1) is 15.3. The number of ether oxygens (including phenoxy) is 2. The summed E-state index contributed by atoms with van der Waals surface area (Å²) in [7, 11) is 0. The van der Waals surface area contributed by atoms with Crippen LogP contribution in [0.1, 0.15) is 38.7 Å². The van der Waals surface area contributed by atoms with Crippen molar-refractivity contribution in [1.82, 2.24) is 5.32 Å². The van der Waals surface area contributed by atoms with Gasteiger partial charge in [0.1, 0.15) is 12.4 Å². The smallest absolute Gasteiger partial charge is 0.119 e. The molecule has 20 heavy (non-hydrogen) atoms. The monoisotopic (exact) mass is 277 g/mol. The van der Waals surface area contributed by atoms with Crippen LogP contribution in [0.3, 0.4) is 0 Å². The molecule has 0 bridgehead atoms. The van der Waals surface area contributed by atoms with Gasteiger partial charge in [0.05, 0.1) is 6.61 Å². The molecule has 1 saturated carbocycles. The zero-order chi connectivity index (χ0) is 14.2. The minimum absolute atomic E-state index is 0.499. The Morgan fingerprint density at radius 2 is 2.05 bits per heavy atom. The van der Waals surface area contributed by atoms with Crippen molar-refractivity contribution in [2.45, 2.75) is 45.7 Å². The maximum Gasteiger partial charge on any atom is 0.119 e. The minimum Gasteiger partial charge on any atom is -0.491 e. The summed E-state index contributed by atoms with van der Waals surface area (Å²) in [5.41, 5.74) is 1.26. The van der Waals surface area contributed by atoms with Crippen molar-refractivity contribution in [3.63, 3.8) is 0 Å². The van der Waals surface area contributed by atoms with Crippen molar-refractivity contribution in [2.24, 2.45) is 5.92 Å². The second-order valence-electron chi connectivity index (χ2n) is 5.88. The lowest BCUT2D eigenvalue weighted by molar-refractivity contribution is 0.0958. The third kappa shape index (κ3) is 6.40. The van der Waals surface area contributed by atoms with Gasteiger partial charge in [0, 0.05) is 19.2 Å². The maximum atomic E-state index is 5.72. The molecule has 2 rings (SSSR count). The van der Waals surface area contributed by atoms with Gasteiger partial charge in [0.2, 0.25) is 0 Å². The molecule has 1 aromatic carbocycles.